The van der Waals surface area contributed by atoms with E-state index in [2.05, 4.69) is 4.98 Å². The monoisotopic (exact) mass is 279 g/mol. The van der Waals surface area contributed by atoms with Gasteiger partial charge in [0.2, 0.25) is 0 Å². The first-order valence-corrected chi connectivity index (χ1v) is 5.57. The number of nitriles is 1. The molecule has 0 aliphatic rings. The van der Waals surface area contributed by atoms with Gasteiger partial charge in [0.05, 0.1) is 11.3 Å². The van der Waals surface area contributed by atoms with Crippen LogP contribution in [0, 0.1) is 34.7 Å². The van der Waals surface area contributed by atoms with Crippen LogP contribution >= 0.6 is 12.2 Å². The maximum atomic E-state index is 13.8. The molecule has 0 saturated carbocycles. The standard InChI is InChI=1S/C12H7F2N3OS/c1-6-2-11(18)17(12(19)16-6)10-4-8(13)7(5-15)3-9(10)14/h2-4H,1H3,(H,16,19). The van der Waals surface area contributed by atoms with Gasteiger partial charge in [-0.2, -0.15) is 5.26 Å². The Morgan fingerprint density at radius 2 is 2.00 bits per heavy atom. The van der Waals surface area contributed by atoms with E-state index in [4.69, 9.17) is 17.5 Å². The van der Waals surface area contributed by atoms with Gasteiger partial charge in [-0.05, 0) is 25.2 Å². The van der Waals surface area contributed by atoms with E-state index in [0.29, 0.717) is 5.69 Å². The van der Waals surface area contributed by atoms with Crippen LogP contribution in [0.3, 0.4) is 0 Å². The minimum absolute atomic E-state index is 0.0481. The van der Waals surface area contributed by atoms with Crippen molar-refractivity contribution < 1.29 is 8.78 Å². The number of nitrogens with one attached hydrogen (secondary N) is 1. The third-order valence-electron chi connectivity index (χ3n) is 2.47. The zero-order chi connectivity index (χ0) is 14.2. The molecule has 2 rings (SSSR count). The lowest BCUT2D eigenvalue weighted by Gasteiger charge is -2.08. The molecule has 1 N–H and O–H groups in total. The zero-order valence-corrected chi connectivity index (χ0v) is 10.5. The molecule has 1 aromatic carbocycles. The van der Waals surface area contributed by atoms with E-state index < -0.39 is 22.8 Å². The number of aromatic nitrogens is 2. The van der Waals surface area contributed by atoms with Crippen LogP contribution in [0.5, 0.6) is 0 Å². The molecule has 0 atom stereocenters. The third-order valence-corrected chi connectivity index (χ3v) is 2.75. The summed E-state index contributed by atoms with van der Waals surface area (Å²) in [5.74, 6) is -1.82. The number of hydrogen-bond acceptors (Lipinski definition) is 3. The van der Waals surface area contributed by atoms with Crippen molar-refractivity contribution in [3.05, 3.63) is 56.2 Å². The van der Waals surface area contributed by atoms with Crippen LogP contribution in [0.1, 0.15) is 11.3 Å². The predicted octanol–water partition coefficient (Wildman–Crippen LogP) is 2.35. The van der Waals surface area contributed by atoms with Crippen molar-refractivity contribution in [2.45, 2.75) is 6.92 Å². The van der Waals surface area contributed by atoms with Crippen LogP contribution in [0.2, 0.25) is 0 Å². The summed E-state index contributed by atoms with van der Waals surface area (Å²) >= 11 is 4.93. The molecular formula is C12H7F2N3OS. The number of rotatable bonds is 1. The molecule has 19 heavy (non-hydrogen) atoms. The molecule has 1 aromatic heterocycles. The lowest BCUT2D eigenvalue weighted by molar-refractivity contribution is 0.586. The van der Waals surface area contributed by atoms with Gasteiger partial charge in [0.1, 0.15) is 17.7 Å². The predicted molar refractivity (Wildman–Crippen MR) is 66.6 cm³/mol. The quantitative estimate of drug-likeness (QED) is 0.815. The lowest BCUT2D eigenvalue weighted by Crippen LogP contribution is -2.21. The van der Waals surface area contributed by atoms with Crippen molar-refractivity contribution in [1.29, 1.82) is 5.26 Å². The van der Waals surface area contributed by atoms with E-state index in [0.717, 1.165) is 16.7 Å². The van der Waals surface area contributed by atoms with Gasteiger partial charge in [0, 0.05) is 17.8 Å². The minimum Gasteiger partial charge on any atom is -0.336 e. The average molecular weight is 279 g/mol. The topological polar surface area (TPSA) is 61.6 Å². The second-order valence-corrected chi connectivity index (χ2v) is 4.21. The summed E-state index contributed by atoms with van der Waals surface area (Å²) in [7, 11) is 0. The highest BCUT2D eigenvalue weighted by molar-refractivity contribution is 7.71. The molecule has 0 unspecified atom stereocenters. The van der Waals surface area contributed by atoms with Crippen molar-refractivity contribution in [1.82, 2.24) is 9.55 Å². The highest BCUT2D eigenvalue weighted by Crippen LogP contribution is 2.17. The molecule has 0 bridgehead atoms. The lowest BCUT2D eigenvalue weighted by atomic mass is 10.2. The molecule has 1 heterocycles. The first-order valence-electron chi connectivity index (χ1n) is 5.16. The van der Waals surface area contributed by atoms with Gasteiger partial charge in [0.25, 0.3) is 5.56 Å². The molecule has 0 radical (unpaired) electrons. The molecule has 4 nitrogen and oxygen atoms in total. The number of H-pyrrole nitrogens is 1. The van der Waals surface area contributed by atoms with E-state index in [9.17, 15) is 13.6 Å². The molecule has 2 aromatic rings. The Morgan fingerprint density at radius 3 is 2.58 bits per heavy atom. The molecule has 0 aliphatic carbocycles. The van der Waals surface area contributed by atoms with E-state index in [1.54, 1.807) is 6.92 Å². The summed E-state index contributed by atoms with van der Waals surface area (Å²) < 4.78 is 28.1. The third kappa shape index (κ3) is 2.30. The first kappa shape index (κ1) is 13.1. The van der Waals surface area contributed by atoms with Gasteiger partial charge in [0.15, 0.2) is 4.77 Å². The fraction of sp³-hybridized carbons (Fsp3) is 0.0833. The highest BCUT2D eigenvalue weighted by Gasteiger charge is 2.13. The van der Waals surface area contributed by atoms with Crippen LogP contribution < -0.4 is 5.56 Å². The number of hydrogen-bond donors (Lipinski definition) is 1. The maximum Gasteiger partial charge on any atom is 0.259 e. The molecule has 0 amide bonds. The molecule has 0 aliphatic heterocycles. The number of nitrogens with zero attached hydrogens (tertiary/aromatic N) is 2. The summed E-state index contributed by atoms with van der Waals surface area (Å²) in [6.45, 7) is 1.62. The molecule has 7 heteroatoms. The Bertz CT molecular complexity index is 786. The number of benzene rings is 1. The highest BCUT2D eigenvalue weighted by atomic mass is 32.1. The molecule has 0 spiro atoms. The molecule has 96 valence electrons. The van der Waals surface area contributed by atoms with Crippen molar-refractivity contribution >= 4 is 12.2 Å². The van der Waals surface area contributed by atoms with Gasteiger partial charge in [-0.1, -0.05) is 0 Å². The van der Waals surface area contributed by atoms with Crippen LogP contribution in [-0.4, -0.2) is 9.55 Å². The second-order valence-electron chi connectivity index (χ2n) is 3.83. The molecule has 0 saturated heterocycles. The Kier molecular flexibility index (Phi) is 3.27. The van der Waals surface area contributed by atoms with Gasteiger partial charge in [-0.25, -0.2) is 8.78 Å². The first-order chi connectivity index (χ1) is 8.93. The number of aromatic amines is 1. The summed E-state index contributed by atoms with van der Waals surface area (Å²) in [6.07, 6.45) is 0. The van der Waals surface area contributed by atoms with Crippen LogP contribution in [0.15, 0.2) is 23.0 Å². The van der Waals surface area contributed by atoms with E-state index in [1.807, 2.05) is 0 Å². The Morgan fingerprint density at radius 1 is 1.32 bits per heavy atom. The minimum atomic E-state index is -0.916. The fourth-order valence-electron chi connectivity index (χ4n) is 1.63. The SMILES string of the molecule is Cc1cc(=O)n(-c2cc(F)c(C#N)cc2F)c(=S)[nH]1. The van der Waals surface area contributed by atoms with Gasteiger partial charge >= 0.3 is 0 Å². The number of aryl methyl sites for hydroxylation is 1. The van der Waals surface area contributed by atoms with Gasteiger partial charge < -0.3 is 4.98 Å². The Hall–Kier alpha value is -2.33. The van der Waals surface area contributed by atoms with Crippen molar-refractivity contribution in [2.24, 2.45) is 0 Å². The van der Waals surface area contributed by atoms with Crippen LogP contribution in [-0.2, 0) is 0 Å². The normalized spacial score (nSPS) is 10.2. The number of halogens is 2. The van der Waals surface area contributed by atoms with Gasteiger partial charge in [-0.15, -0.1) is 0 Å². The van der Waals surface area contributed by atoms with E-state index in [-0.39, 0.29) is 10.5 Å². The van der Waals surface area contributed by atoms with Crippen LogP contribution in [0.4, 0.5) is 8.78 Å². The van der Waals surface area contributed by atoms with Crippen molar-refractivity contribution in [3.63, 3.8) is 0 Å². The average Bonchev–Trinajstić information content (AvgIpc) is 2.31. The maximum absolute atomic E-state index is 13.8. The van der Waals surface area contributed by atoms with Crippen molar-refractivity contribution in [2.75, 3.05) is 0 Å². The van der Waals surface area contributed by atoms with E-state index >= 15 is 0 Å². The summed E-state index contributed by atoms with van der Waals surface area (Å²) in [4.78, 5) is 14.5. The van der Waals surface area contributed by atoms with E-state index in [1.165, 1.54) is 12.1 Å². The molecular weight excluding hydrogens is 272 g/mol. The van der Waals surface area contributed by atoms with Gasteiger partial charge in [-0.3, -0.25) is 9.36 Å². The largest absolute Gasteiger partial charge is 0.336 e. The summed E-state index contributed by atoms with van der Waals surface area (Å²) in [5, 5.41) is 8.60. The smallest absolute Gasteiger partial charge is 0.259 e. The zero-order valence-electron chi connectivity index (χ0n) is 9.70. The van der Waals surface area contributed by atoms with Crippen molar-refractivity contribution in [3.8, 4) is 11.8 Å². The Labute approximate surface area is 111 Å². The summed E-state index contributed by atoms with van der Waals surface area (Å²) in [6, 6.07) is 4.23. The Balaban J connectivity index is 2.82. The second kappa shape index (κ2) is 4.74. The van der Waals surface area contributed by atoms with Crippen LogP contribution in [0.25, 0.3) is 5.69 Å². The summed E-state index contributed by atoms with van der Waals surface area (Å²) in [5.41, 5.74) is -0.830. The fourth-order valence-corrected chi connectivity index (χ4v) is 1.98. The molecule has 0 fully saturated rings.